The molecule has 0 bridgehead atoms. The number of imide groups is 1. The summed E-state index contributed by atoms with van der Waals surface area (Å²) in [5, 5.41) is 2.64. The highest BCUT2D eigenvalue weighted by molar-refractivity contribution is 6.00. The molecule has 30 heavy (non-hydrogen) atoms. The van der Waals surface area contributed by atoms with Crippen LogP contribution in [0.2, 0.25) is 0 Å². The summed E-state index contributed by atoms with van der Waals surface area (Å²) in [5.74, 6) is -0.981. The lowest BCUT2D eigenvalue weighted by Crippen LogP contribution is -2.48. The molecule has 1 fully saturated rings. The number of nitrogens with one attached hydrogen (secondary N) is 1. The first-order chi connectivity index (χ1) is 14.4. The highest BCUT2D eigenvalue weighted by Crippen LogP contribution is 2.15. The van der Waals surface area contributed by atoms with Crippen molar-refractivity contribution < 1.29 is 28.7 Å². The van der Waals surface area contributed by atoms with Gasteiger partial charge in [-0.1, -0.05) is 29.8 Å². The Labute approximate surface area is 173 Å². The molecule has 3 amide bonds. The predicted molar refractivity (Wildman–Crippen MR) is 108 cm³/mol. The predicted octanol–water partition coefficient (Wildman–Crippen LogP) is 1.86. The van der Waals surface area contributed by atoms with E-state index in [1.807, 2.05) is 19.1 Å². The van der Waals surface area contributed by atoms with Crippen LogP contribution in [-0.2, 0) is 30.3 Å². The molecule has 3 rings (SSSR count). The molecular weight excluding hydrogens is 388 g/mol. The van der Waals surface area contributed by atoms with E-state index in [2.05, 4.69) is 5.32 Å². The molecule has 1 aliphatic rings. The number of amides is 3. The second-order valence-electron chi connectivity index (χ2n) is 6.89. The highest BCUT2D eigenvalue weighted by atomic mass is 16.6. The zero-order valence-electron chi connectivity index (χ0n) is 16.6. The van der Waals surface area contributed by atoms with E-state index < -0.39 is 11.9 Å². The fraction of sp³-hybridized carbons (Fsp3) is 0.273. The van der Waals surface area contributed by atoms with Crippen molar-refractivity contribution in [2.75, 3.05) is 25.1 Å². The summed E-state index contributed by atoms with van der Waals surface area (Å²) < 4.78 is 10.2. The van der Waals surface area contributed by atoms with E-state index in [1.165, 1.54) is 4.90 Å². The molecule has 156 valence electrons. The van der Waals surface area contributed by atoms with Gasteiger partial charge in [0.05, 0.1) is 6.42 Å². The number of carbonyl (C=O) groups excluding carboxylic acids is 4. The number of esters is 1. The second-order valence-corrected chi connectivity index (χ2v) is 6.89. The van der Waals surface area contributed by atoms with Crippen molar-refractivity contribution in [3.63, 3.8) is 0 Å². The molecule has 2 aromatic carbocycles. The first kappa shape index (κ1) is 21.2. The minimum absolute atomic E-state index is 0.131. The van der Waals surface area contributed by atoms with Crippen molar-refractivity contribution in [3.05, 3.63) is 59.7 Å². The van der Waals surface area contributed by atoms with Gasteiger partial charge in [-0.3, -0.25) is 19.3 Å². The molecule has 0 unspecified atom stereocenters. The summed E-state index contributed by atoms with van der Waals surface area (Å²) in [5.41, 5.74) is 2.32. The number of hydrogen-bond acceptors (Lipinski definition) is 6. The van der Waals surface area contributed by atoms with Gasteiger partial charge in [0.15, 0.2) is 0 Å². The van der Waals surface area contributed by atoms with Gasteiger partial charge < -0.3 is 14.8 Å². The molecule has 8 nitrogen and oxygen atoms in total. The number of aryl methyl sites for hydroxylation is 1. The highest BCUT2D eigenvalue weighted by Gasteiger charge is 2.29. The van der Waals surface area contributed by atoms with Gasteiger partial charge in [-0.15, -0.1) is 0 Å². The first-order valence-corrected chi connectivity index (χ1v) is 9.48. The molecule has 2 aromatic rings. The monoisotopic (exact) mass is 410 g/mol. The second kappa shape index (κ2) is 9.80. The molecule has 0 aromatic heterocycles. The Hall–Kier alpha value is -3.52. The molecule has 0 radical (unpaired) electrons. The van der Waals surface area contributed by atoms with Gasteiger partial charge in [0.1, 0.15) is 19.0 Å². The zero-order chi connectivity index (χ0) is 21.5. The van der Waals surface area contributed by atoms with Gasteiger partial charge in [0.2, 0.25) is 17.7 Å². The Kier molecular flexibility index (Phi) is 6.92. The number of likely N-dealkylation sites (tertiary alicyclic amines) is 1. The Balaban J connectivity index is 1.37. The normalized spacial score (nSPS) is 12.8. The fourth-order valence-electron chi connectivity index (χ4n) is 2.75. The van der Waals surface area contributed by atoms with Crippen molar-refractivity contribution in [2.24, 2.45) is 0 Å². The van der Waals surface area contributed by atoms with Crippen LogP contribution in [0.15, 0.2) is 48.5 Å². The van der Waals surface area contributed by atoms with Crippen molar-refractivity contribution in [1.82, 2.24) is 4.90 Å². The maximum atomic E-state index is 12.0. The lowest BCUT2D eigenvalue weighted by atomic mass is 10.1. The Bertz CT molecular complexity index is 937. The number of anilines is 1. The average Bonchev–Trinajstić information content (AvgIpc) is 2.70. The molecule has 1 N–H and O–H groups in total. The minimum Gasteiger partial charge on any atom is -0.425 e. The number of nitrogens with zero attached hydrogens (tertiary/aromatic N) is 1. The third-order valence-corrected chi connectivity index (χ3v) is 4.45. The van der Waals surface area contributed by atoms with Gasteiger partial charge in [0, 0.05) is 18.7 Å². The van der Waals surface area contributed by atoms with Gasteiger partial charge in [-0.05, 0) is 36.8 Å². The van der Waals surface area contributed by atoms with Crippen LogP contribution in [0.1, 0.15) is 17.5 Å². The van der Waals surface area contributed by atoms with Crippen LogP contribution in [0, 0.1) is 6.92 Å². The topological polar surface area (TPSA) is 102 Å². The van der Waals surface area contributed by atoms with Crippen LogP contribution in [0.5, 0.6) is 5.75 Å². The van der Waals surface area contributed by atoms with Crippen LogP contribution in [0.25, 0.3) is 0 Å². The maximum Gasteiger partial charge on any atom is 0.337 e. The molecule has 0 saturated carbocycles. The van der Waals surface area contributed by atoms with E-state index in [0.29, 0.717) is 24.4 Å². The summed E-state index contributed by atoms with van der Waals surface area (Å²) in [6.07, 6.45) is 0.550. The Morgan fingerprint density at radius 1 is 1.00 bits per heavy atom. The number of rotatable bonds is 8. The minimum atomic E-state index is -0.596. The number of ether oxygens (including phenoxy) is 2. The van der Waals surface area contributed by atoms with Crippen LogP contribution in [-0.4, -0.2) is 48.3 Å². The van der Waals surface area contributed by atoms with Crippen LogP contribution >= 0.6 is 0 Å². The summed E-state index contributed by atoms with van der Waals surface area (Å²) in [7, 11) is 0. The summed E-state index contributed by atoms with van der Waals surface area (Å²) in [6.45, 7) is 1.75. The lowest BCUT2D eigenvalue weighted by molar-refractivity contribution is -0.152. The van der Waals surface area contributed by atoms with E-state index in [1.54, 1.807) is 36.4 Å². The standard InChI is InChI=1S/C22H22N2O6/c1-15-2-8-18(9-3-15)30-22(28)14-29-13-19(25)23-17-6-4-16(5-7-17)12-21(27)24-11-10-20(24)26/h2-9H,10-14H2,1H3,(H,23,25). The average molecular weight is 410 g/mol. The molecule has 8 heteroatoms. The molecule has 0 spiro atoms. The molecule has 1 heterocycles. The van der Waals surface area contributed by atoms with E-state index in [0.717, 1.165) is 11.1 Å². The van der Waals surface area contributed by atoms with Crippen LogP contribution in [0.4, 0.5) is 5.69 Å². The third kappa shape index (κ3) is 5.99. The quantitative estimate of drug-likeness (QED) is 0.405. The largest absolute Gasteiger partial charge is 0.425 e. The molecule has 1 saturated heterocycles. The van der Waals surface area contributed by atoms with E-state index in [9.17, 15) is 19.2 Å². The number of benzene rings is 2. The van der Waals surface area contributed by atoms with Crippen LogP contribution in [0.3, 0.4) is 0 Å². The van der Waals surface area contributed by atoms with Gasteiger partial charge in [-0.25, -0.2) is 4.79 Å². The molecule has 0 aliphatic carbocycles. The van der Waals surface area contributed by atoms with Gasteiger partial charge in [0.25, 0.3) is 0 Å². The zero-order valence-corrected chi connectivity index (χ0v) is 16.6. The van der Waals surface area contributed by atoms with Crippen LogP contribution < -0.4 is 10.1 Å². The van der Waals surface area contributed by atoms with Crippen molar-refractivity contribution in [1.29, 1.82) is 0 Å². The Morgan fingerprint density at radius 3 is 2.30 bits per heavy atom. The van der Waals surface area contributed by atoms with Crippen molar-refractivity contribution in [3.8, 4) is 5.75 Å². The summed E-state index contributed by atoms with van der Waals surface area (Å²) in [6, 6.07) is 13.7. The molecular formula is C22H22N2O6. The smallest absolute Gasteiger partial charge is 0.337 e. The van der Waals surface area contributed by atoms with E-state index >= 15 is 0 Å². The SMILES string of the molecule is Cc1ccc(OC(=O)COCC(=O)Nc2ccc(CC(=O)N3CCC3=O)cc2)cc1. The lowest BCUT2D eigenvalue weighted by Gasteiger charge is -2.28. The van der Waals surface area contributed by atoms with Gasteiger partial charge >= 0.3 is 5.97 Å². The fourth-order valence-corrected chi connectivity index (χ4v) is 2.75. The number of hydrogen-bond donors (Lipinski definition) is 1. The number of carbonyl (C=O) groups is 4. The first-order valence-electron chi connectivity index (χ1n) is 9.48. The molecule has 0 atom stereocenters. The molecule has 1 aliphatic heterocycles. The van der Waals surface area contributed by atoms with Crippen molar-refractivity contribution in [2.45, 2.75) is 19.8 Å². The third-order valence-electron chi connectivity index (χ3n) is 4.45. The summed E-state index contributed by atoms with van der Waals surface area (Å²) >= 11 is 0. The van der Waals surface area contributed by atoms with E-state index in [4.69, 9.17) is 9.47 Å². The Morgan fingerprint density at radius 2 is 1.70 bits per heavy atom. The van der Waals surface area contributed by atoms with Gasteiger partial charge in [-0.2, -0.15) is 0 Å². The van der Waals surface area contributed by atoms with Crippen molar-refractivity contribution >= 4 is 29.4 Å². The van der Waals surface area contributed by atoms with E-state index in [-0.39, 0.29) is 31.4 Å². The number of β-lactam (4-membered cyclic amide) rings is 1. The summed E-state index contributed by atoms with van der Waals surface area (Å²) in [4.78, 5) is 48.1. The maximum absolute atomic E-state index is 12.0.